The van der Waals surface area contributed by atoms with Crippen molar-refractivity contribution in [3.63, 3.8) is 0 Å². The van der Waals surface area contributed by atoms with Gasteiger partial charge in [-0.15, -0.1) is 0 Å². The second-order valence-corrected chi connectivity index (χ2v) is 6.95. The van der Waals surface area contributed by atoms with Gasteiger partial charge in [-0.1, -0.05) is 24.3 Å². The zero-order valence-electron chi connectivity index (χ0n) is 17.4. The van der Waals surface area contributed by atoms with Crippen molar-refractivity contribution < 1.29 is 19.1 Å². The largest absolute Gasteiger partial charge is 0.493 e. The van der Waals surface area contributed by atoms with Crippen LogP contribution in [0.1, 0.15) is 28.7 Å². The fourth-order valence-corrected chi connectivity index (χ4v) is 2.95. The van der Waals surface area contributed by atoms with E-state index in [4.69, 9.17) is 9.47 Å². The Bertz CT molecular complexity index is 821. The van der Waals surface area contributed by atoms with Crippen molar-refractivity contribution in [2.45, 2.75) is 33.1 Å². The zero-order valence-corrected chi connectivity index (χ0v) is 17.4. The topological polar surface area (TPSA) is 76.7 Å². The number of methoxy groups -OCH3 is 1. The van der Waals surface area contributed by atoms with Crippen molar-refractivity contribution in [3.05, 3.63) is 58.7 Å². The first kappa shape index (κ1) is 22.3. The van der Waals surface area contributed by atoms with Crippen LogP contribution < -0.4 is 20.1 Å². The van der Waals surface area contributed by atoms with Crippen LogP contribution in [-0.2, 0) is 22.4 Å². The van der Waals surface area contributed by atoms with Crippen molar-refractivity contribution in [3.8, 4) is 11.5 Å². The molecule has 0 fully saturated rings. The Kier molecular flexibility index (Phi) is 9.02. The van der Waals surface area contributed by atoms with E-state index in [1.165, 1.54) is 16.7 Å². The van der Waals surface area contributed by atoms with Gasteiger partial charge in [-0.2, -0.15) is 0 Å². The molecule has 2 amide bonds. The van der Waals surface area contributed by atoms with E-state index in [9.17, 15) is 9.59 Å². The van der Waals surface area contributed by atoms with E-state index in [1.807, 2.05) is 6.07 Å². The lowest BCUT2D eigenvalue weighted by Crippen LogP contribution is -2.26. The molecule has 2 N–H and O–H groups in total. The second kappa shape index (κ2) is 11.7. The maximum atomic E-state index is 12.2. The monoisotopic (exact) mass is 398 g/mol. The molecule has 0 saturated heterocycles. The van der Waals surface area contributed by atoms with E-state index in [-0.39, 0.29) is 12.3 Å². The van der Waals surface area contributed by atoms with E-state index < -0.39 is 0 Å². The van der Waals surface area contributed by atoms with Crippen LogP contribution in [0.15, 0.2) is 36.4 Å². The molecule has 2 aromatic rings. The molecule has 0 unspecified atom stereocenters. The van der Waals surface area contributed by atoms with Crippen molar-refractivity contribution in [2.75, 3.05) is 26.8 Å². The van der Waals surface area contributed by atoms with Gasteiger partial charge < -0.3 is 20.1 Å². The first-order chi connectivity index (χ1) is 14.0. The van der Waals surface area contributed by atoms with Crippen LogP contribution in [0.25, 0.3) is 0 Å². The number of aryl methyl sites for hydroxylation is 3. The highest BCUT2D eigenvalue weighted by atomic mass is 16.5. The number of nitrogens with one attached hydrogen (secondary N) is 2. The first-order valence-corrected chi connectivity index (χ1v) is 9.83. The van der Waals surface area contributed by atoms with E-state index in [2.05, 4.69) is 42.7 Å². The lowest BCUT2D eigenvalue weighted by molar-refractivity contribution is -0.120. The van der Waals surface area contributed by atoms with Gasteiger partial charge in [0, 0.05) is 6.54 Å². The summed E-state index contributed by atoms with van der Waals surface area (Å²) in [6.45, 7) is 5.63. The van der Waals surface area contributed by atoms with Gasteiger partial charge in [0.2, 0.25) is 12.3 Å². The third-order valence-electron chi connectivity index (χ3n) is 4.72. The van der Waals surface area contributed by atoms with Gasteiger partial charge in [0.25, 0.3) is 0 Å². The predicted molar refractivity (Wildman–Crippen MR) is 114 cm³/mol. The Morgan fingerprint density at radius 1 is 1.00 bits per heavy atom. The van der Waals surface area contributed by atoms with Crippen molar-refractivity contribution in [1.29, 1.82) is 0 Å². The van der Waals surface area contributed by atoms with Crippen LogP contribution in [0.4, 0.5) is 0 Å². The molecule has 0 radical (unpaired) electrons. The summed E-state index contributed by atoms with van der Waals surface area (Å²) in [6, 6.07) is 11.9. The highest BCUT2D eigenvalue weighted by Crippen LogP contribution is 2.28. The minimum Gasteiger partial charge on any atom is -0.493 e. The van der Waals surface area contributed by atoms with Crippen molar-refractivity contribution in [2.24, 2.45) is 0 Å². The summed E-state index contributed by atoms with van der Waals surface area (Å²) in [5, 5.41) is 5.51. The van der Waals surface area contributed by atoms with Gasteiger partial charge in [-0.25, -0.2) is 0 Å². The Morgan fingerprint density at radius 3 is 2.52 bits per heavy atom. The summed E-state index contributed by atoms with van der Waals surface area (Å²) >= 11 is 0. The molecule has 0 atom stereocenters. The van der Waals surface area contributed by atoms with Gasteiger partial charge in [-0.3, -0.25) is 9.59 Å². The molecule has 0 aliphatic heterocycles. The van der Waals surface area contributed by atoms with Gasteiger partial charge >= 0.3 is 0 Å². The standard InChI is InChI=1S/C23H30N2O4/c1-17-6-7-19(13-18(17)2)5-4-10-25-23(27)15-20-8-9-21(22(14-20)28-3)29-12-11-24-16-26/h6-9,13-14,16H,4-5,10-12,15H2,1-3H3,(H,24,26)(H,25,27). The molecule has 0 aliphatic carbocycles. The normalized spacial score (nSPS) is 10.3. The number of hydrogen-bond donors (Lipinski definition) is 2. The van der Waals surface area contributed by atoms with E-state index in [1.54, 1.807) is 19.2 Å². The maximum Gasteiger partial charge on any atom is 0.224 e. The summed E-state index contributed by atoms with van der Waals surface area (Å²) < 4.78 is 10.9. The molecule has 0 saturated carbocycles. The minimum absolute atomic E-state index is 0.0176. The minimum atomic E-state index is -0.0176. The van der Waals surface area contributed by atoms with Crippen LogP contribution in [0.2, 0.25) is 0 Å². The summed E-state index contributed by atoms with van der Waals surface area (Å²) in [5.74, 6) is 1.13. The number of ether oxygens (including phenoxy) is 2. The number of rotatable bonds is 12. The summed E-state index contributed by atoms with van der Waals surface area (Å²) in [6.07, 6.45) is 2.76. The second-order valence-electron chi connectivity index (χ2n) is 6.95. The first-order valence-electron chi connectivity index (χ1n) is 9.83. The third kappa shape index (κ3) is 7.49. The zero-order chi connectivity index (χ0) is 21.1. The van der Waals surface area contributed by atoms with E-state index >= 15 is 0 Å². The highest BCUT2D eigenvalue weighted by Gasteiger charge is 2.09. The summed E-state index contributed by atoms with van der Waals surface area (Å²) in [4.78, 5) is 22.5. The molecule has 0 spiro atoms. The Labute approximate surface area is 172 Å². The van der Waals surface area contributed by atoms with Gasteiger partial charge in [0.05, 0.1) is 20.1 Å². The third-order valence-corrected chi connectivity index (χ3v) is 4.72. The van der Waals surface area contributed by atoms with E-state index in [0.717, 1.165) is 18.4 Å². The Morgan fingerprint density at radius 2 is 1.79 bits per heavy atom. The van der Waals surface area contributed by atoms with Crippen LogP contribution in [0, 0.1) is 13.8 Å². The molecule has 156 valence electrons. The lowest BCUT2D eigenvalue weighted by atomic mass is 10.0. The molecule has 2 aromatic carbocycles. The SMILES string of the molecule is COc1cc(CC(=O)NCCCc2ccc(C)c(C)c2)ccc1OCCNC=O. The fraction of sp³-hybridized carbons (Fsp3) is 0.391. The van der Waals surface area contributed by atoms with Gasteiger partial charge in [0.15, 0.2) is 11.5 Å². The molecule has 0 aliphatic rings. The maximum absolute atomic E-state index is 12.2. The van der Waals surface area contributed by atoms with Crippen LogP contribution >= 0.6 is 0 Å². The van der Waals surface area contributed by atoms with Crippen molar-refractivity contribution >= 4 is 12.3 Å². The van der Waals surface area contributed by atoms with E-state index in [0.29, 0.717) is 37.6 Å². The summed E-state index contributed by atoms with van der Waals surface area (Å²) in [7, 11) is 1.56. The van der Waals surface area contributed by atoms with Crippen LogP contribution in [0.3, 0.4) is 0 Å². The molecule has 0 bridgehead atoms. The lowest BCUT2D eigenvalue weighted by Gasteiger charge is -2.12. The average molecular weight is 399 g/mol. The van der Waals surface area contributed by atoms with Gasteiger partial charge in [-0.05, 0) is 61.1 Å². The quantitative estimate of drug-likeness (QED) is 0.426. The Balaban J connectivity index is 1.77. The molecule has 0 aromatic heterocycles. The molecule has 2 rings (SSSR count). The summed E-state index contributed by atoms with van der Waals surface area (Å²) in [5.41, 5.74) is 4.75. The number of amides is 2. The molecule has 6 heteroatoms. The predicted octanol–water partition coefficient (Wildman–Crippen LogP) is 2.73. The smallest absolute Gasteiger partial charge is 0.224 e. The number of hydrogen-bond acceptors (Lipinski definition) is 4. The molecule has 29 heavy (non-hydrogen) atoms. The molecular weight excluding hydrogens is 368 g/mol. The number of carbonyl (C=O) groups is 2. The van der Waals surface area contributed by atoms with Crippen LogP contribution in [-0.4, -0.2) is 39.1 Å². The molecule has 0 heterocycles. The molecule has 6 nitrogen and oxygen atoms in total. The van der Waals surface area contributed by atoms with Crippen LogP contribution in [0.5, 0.6) is 11.5 Å². The Hall–Kier alpha value is -3.02. The number of benzene rings is 2. The molecular formula is C23H30N2O4. The van der Waals surface area contributed by atoms with Gasteiger partial charge in [0.1, 0.15) is 6.61 Å². The highest BCUT2D eigenvalue weighted by molar-refractivity contribution is 5.78. The fourth-order valence-electron chi connectivity index (χ4n) is 2.95. The average Bonchev–Trinajstić information content (AvgIpc) is 2.72. The number of carbonyl (C=O) groups excluding carboxylic acids is 2. The van der Waals surface area contributed by atoms with Crippen molar-refractivity contribution in [1.82, 2.24) is 10.6 Å².